The molecule has 0 aliphatic carbocycles. The number of halogens is 5. The molecule has 5 nitrogen and oxygen atoms in total. The first-order valence-corrected chi connectivity index (χ1v) is 10.1. The molecule has 10 heteroatoms. The van der Waals surface area contributed by atoms with Gasteiger partial charge in [0.05, 0.1) is 12.2 Å². The summed E-state index contributed by atoms with van der Waals surface area (Å²) >= 11 is 0. The third kappa shape index (κ3) is 5.06. The Morgan fingerprint density at radius 1 is 1.03 bits per heavy atom. The number of ketones is 1. The molecule has 0 saturated carbocycles. The maximum absolute atomic E-state index is 14.1. The highest BCUT2D eigenvalue weighted by Crippen LogP contribution is 2.39. The van der Waals surface area contributed by atoms with Crippen molar-refractivity contribution in [1.29, 1.82) is 0 Å². The fourth-order valence-corrected chi connectivity index (χ4v) is 3.65. The quantitative estimate of drug-likeness (QED) is 0.627. The zero-order chi connectivity index (χ0) is 23.7. The van der Waals surface area contributed by atoms with Gasteiger partial charge in [-0.3, -0.25) is 14.9 Å². The van der Waals surface area contributed by atoms with Crippen molar-refractivity contribution >= 4 is 11.7 Å². The Labute approximate surface area is 178 Å². The summed E-state index contributed by atoms with van der Waals surface area (Å²) in [5.74, 6) is -10.2. The van der Waals surface area contributed by atoms with Gasteiger partial charge in [0.1, 0.15) is 6.04 Å². The summed E-state index contributed by atoms with van der Waals surface area (Å²) in [6, 6.07) is 4.00. The van der Waals surface area contributed by atoms with Crippen LogP contribution in [0, 0.1) is 11.8 Å². The van der Waals surface area contributed by atoms with Crippen LogP contribution < -0.4 is 11.1 Å². The Bertz CT molecular complexity index is 810. The number of amides is 1. The second-order valence-corrected chi connectivity index (χ2v) is 8.51. The molecule has 0 bridgehead atoms. The van der Waals surface area contributed by atoms with Crippen LogP contribution in [0.15, 0.2) is 24.3 Å². The molecule has 1 aromatic carbocycles. The number of carbonyl (C=O) groups excluding carboxylic acids is 2. The monoisotopic (exact) mass is 449 g/mol. The number of fused-ring (bicyclic) bond motifs is 1. The molecule has 3 atom stereocenters. The molecule has 1 aromatic rings. The van der Waals surface area contributed by atoms with Gasteiger partial charge in [-0.05, 0) is 23.0 Å². The average Bonchev–Trinajstić information content (AvgIpc) is 2.68. The van der Waals surface area contributed by atoms with E-state index in [1.807, 2.05) is 12.1 Å². The van der Waals surface area contributed by atoms with E-state index in [1.54, 1.807) is 26.0 Å². The minimum absolute atomic E-state index is 0.140. The molecule has 31 heavy (non-hydrogen) atoms. The highest BCUT2D eigenvalue weighted by molar-refractivity contribution is 5.95. The van der Waals surface area contributed by atoms with E-state index < -0.39 is 53.9 Å². The molecule has 0 spiro atoms. The maximum Gasteiger partial charge on any atom is 0.461 e. The van der Waals surface area contributed by atoms with Gasteiger partial charge in [0, 0.05) is 13.0 Å². The van der Waals surface area contributed by atoms with Gasteiger partial charge in [-0.25, -0.2) is 0 Å². The van der Waals surface area contributed by atoms with Crippen LogP contribution in [0.5, 0.6) is 0 Å². The van der Waals surface area contributed by atoms with Crippen molar-refractivity contribution < 1.29 is 31.5 Å². The van der Waals surface area contributed by atoms with Gasteiger partial charge >= 0.3 is 12.1 Å². The van der Waals surface area contributed by atoms with Crippen LogP contribution in [-0.4, -0.2) is 46.9 Å². The number of nitrogens with one attached hydrogen (secondary N) is 1. The highest BCUT2D eigenvalue weighted by atomic mass is 19.4. The van der Waals surface area contributed by atoms with Crippen LogP contribution in [0.25, 0.3) is 0 Å². The fraction of sp³-hybridized carbons (Fsp3) is 0.619. The summed E-state index contributed by atoms with van der Waals surface area (Å²) in [5.41, 5.74) is 7.67. The fourth-order valence-electron chi connectivity index (χ4n) is 3.65. The van der Waals surface area contributed by atoms with Crippen LogP contribution in [-0.2, 0) is 22.6 Å². The predicted octanol–water partition coefficient (Wildman–Crippen LogP) is 3.26. The van der Waals surface area contributed by atoms with Crippen molar-refractivity contribution in [3.8, 4) is 0 Å². The molecule has 0 radical (unpaired) electrons. The third-order valence-corrected chi connectivity index (χ3v) is 5.52. The second-order valence-electron chi connectivity index (χ2n) is 8.51. The van der Waals surface area contributed by atoms with E-state index in [2.05, 4.69) is 5.32 Å². The molecule has 1 heterocycles. The minimum atomic E-state index is -6.07. The molecule has 0 aromatic heterocycles. The van der Waals surface area contributed by atoms with E-state index in [0.29, 0.717) is 0 Å². The standard InChI is InChI=1S/C21H28F5N3O2/c1-11(2)16(27)19(31)29(15-9-13-7-5-6-8-14(13)10-28-15)17(12(3)4)18(30)20(22,23)21(24,25)26/h5-8,11-12,15-17,28H,9-10,27H2,1-4H3/t15?,16-,17?/m0/s1. The number of benzene rings is 1. The van der Waals surface area contributed by atoms with Crippen molar-refractivity contribution in [3.63, 3.8) is 0 Å². The summed E-state index contributed by atoms with van der Waals surface area (Å²) in [6.07, 6.45) is -6.90. The van der Waals surface area contributed by atoms with Crippen molar-refractivity contribution in [2.45, 2.75) is 71.0 Å². The van der Waals surface area contributed by atoms with Gasteiger partial charge in [0.25, 0.3) is 0 Å². The first-order chi connectivity index (χ1) is 14.2. The number of Topliss-reactive ketones (excluding diaryl/α,β-unsaturated/α-hetero) is 1. The van der Waals surface area contributed by atoms with Gasteiger partial charge in [-0.15, -0.1) is 0 Å². The number of hydrogen-bond donors (Lipinski definition) is 2. The van der Waals surface area contributed by atoms with Crippen molar-refractivity contribution in [1.82, 2.24) is 10.2 Å². The highest BCUT2D eigenvalue weighted by Gasteiger charge is 2.65. The molecule has 0 saturated heterocycles. The largest absolute Gasteiger partial charge is 0.461 e. The molecular formula is C21H28F5N3O2. The lowest BCUT2D eigenvalue weighted by Gasteiger charge is -2.44. The van der Waals surface area contributed by atoms with E-state index in [-0.39, 0.29) is 13.0 Å². The number of carbonyl (C=O) groups is 2. The zero-order valence-corrected chi connectivity index (χ0v) is 17.8. The van der Waals surface area contributed by atoms with E-state index in [9.17, 15) is 31.5 Å². The van der Waals surface area contributed by atoms with Crippen molar-refractivity contribution in [2.75, 3.05) is 0 Å². The minimum Gasteiger partial charge on any atom is -0.320 e. The second kappa shape index (κ2) is 9.20. The molecule has 0 fully saturated rings. The maximum atomic E-state index is 14.1. The molecule has 2 unspecified atom stereocenters. The Morgan fingerprint density at radius 3 is 2.06 bits per heavy atom. The molecule has 1 amide bonds. The SMILES string of the molecule is CC(C)C(C(=O)C(F)(F)C(F)(F)F)N(C(=O)[C@@H](N)C(C)C)C1Cc2ccccc2CN1. The summed E-state index contributed by atoms with van der Waals surface area (Å²) < 4.78 is 67.1. The van der Waals surface area contributed by atoms with Gasteiger partial charge in [0.15, 0.2) is 0 Å². The van der Waals surface area contributed by atoms with E-state index in [0.717, 1.165) is 16.0 Å². The summed E-state index contributed by atoms with van der Waals surface area (Å²) in [5, 5.41) is 3.00. The number of nitrogens with two attached hydrogens (primary N) is 1. The first-order valence-electron chi connectivity index (χ1n) is 10.1. The zero-order valence-electron chi connectivity index (χ0n) is 17.8. The van der Waals surface area contributed by atoms with Crippen LogP contribution in [0.2, 0.25) is 0 Å². The third-order valence-electron chi connectivity index (χ3n) is 5.52. The predicted molar refractivity (Wildman–Crippen MR) is 105 cm³/mol. The Balaban J connectivity index is 2.54. The van der Waals surface area contributed by atoms with Gasteiger partial charge < -0.3 is 10.6 Å². The molecule has 174 valence electrons. The number of hydrogen-bond acceptors (Lipinski definition) is 4. The molecular weight excluding hydrogens is 421 g/mol. The summed E-state index contributed by atoms with van der Waals surface area (Å²) in [7, 11) is 0. The number of rotatable bonds is 7. The van der Waals surface area contributed by atoms with Crippen molar-refractivity contribution in [2.24, 2.45) is 17.6 Å². The van der Waals surface area contributed by atoms with E-state index >= 15 is 0 Å². The van der Waals surface area contributed by atoms with Crippen LogP contribution in [0.3, 0.4) is 0 Å². The van der Waals surface area contributed by atoms with Crippen molar-refractivity contribution in [3.05, 3.63) is 35.4 Å². The van der Waals surface area contributed by atoms with Gasteiger partial charge in [-0.2, -0.15) is 22.0 Å². The Morgan fingerprint density at radius 2 is 1.58 bits per heavy atom. The smallest absolute Gasteiger partial charge is 0.320 e. The molecule has 2 rings (SSSR count). The van der Waals surface area contributed by atoms with Gasteiger partial charge in [-0.1, -0.05) is 52.0 Å². The van der Waals surface area contributed by atoms with Gasteiger partial charge in [0.2, 0.25) is 11.7 Å². The lowest BCUT2D eigenvalue weighted by molar-refractivity contribution is -0.271. The Kier molecular flexibility index (Phi) is 7.47. The van der Waals surface area contributed by atoms with E-state index in [1.165, 1.54) is 13.8 Å². The molecule has 1 aliphatic rings. The molecule has 1 aliphatic heterocycles. The Hall–Kier alpha value is -2.07. The number of nitrogens with zero attached hydrogens (tertiary/aromatic N) is 1. The lowest BCUT2D eigenvalue weighted by atomic mass is 9.89. The topological polar surface area (TPSA) is 75.4 Å². The summed E-state index contributed by atoms with van der Waals surface area (Å²) in [6.45, 7) is 6.16. The van der Waals surface area contributed by atoms with Crippen LogP contribution in [0.1, 0.15) is 38.8 Å². The normalized spacial score (nSPS) is 19.2. The van der Waals surface area contributed by atoms with E-state index in [4.69, 9.17) is 5.73 Å². The number of alkyl halides is 5. The molecule has 3 N–H and O–H groups in total. The van der Waals surface area contributed by atoms with Crippen LogP contribution >= 0.6 is 0 Å². The lowest BCUT2D eigenvalue weighted by Crippen LogP contribution is -2.66. The average molecular weight is 449 g/mol. The summed E-state index contributed by atoms with van der Waals surface area (Å²) in [4.78, 5) is 26.6. The van der Waals surface area contributed by atoms with Crippen LogP contribution in [0.4, 0.5) is 22.0 Å². The first kappa shape index (κ1) is 25.2.